The number of likely N-dealkylation sites (N-methyl/N-ethyl adjacent to an activating group) is 1. The average Bonchev–Trinajstić information content (AvgIpc) is 3.27. The summed E-state index contributed by atoms with van der Waals surface area (Å²) < 4.78 is 22.8. The zero-order valence-electron chi connectivity index (χ0n) is 23.2. The fraction of sp³-hybridized carbons (Fsp3) is 0.571. The molecule has 13 nitrogen and oxygen atoms in total. The number of carbonyl (C=O) groups excluding carboxylic acids is 3. The summed E-state index contributed by atoms with van der Waals surface area (Å²) in [5.41, 5.74) is -0.169. The Kier molecular flexibility index (Phi) is 7.24. The minimum Gasteiger partial charge on any atom is -0.493 e. The lowest BCUT2D eigenvalue weighted by Crippen LogP contribution is -2.74. The molecule has 1 aromatic carbocycles. The number of aliphatic hydroxyl groups excluding tert-OH is 1. The number of piperidine rings is 1. The normalized spacial score (nSPS) is 29.6. The maximum absolute atomic E-state index is 13.1. The quantitative estimate of drug-likeness (QED) is 0.285. The molecular weight excluding hydrogens is 540 g/mol. The molecule has 0 radical (unpaired) electrons. The van der Waals surface area contributed by atoms with Crippen molar-refractivity contribution in [3.8, 4) is 11.5 Å². The zero-order chi connectivity index (χ0) is 29.9. The van der Waals surface area contributed by atoms with E-state index in [-0.39, 0.29) is 18.2 Å². The number of carboxylic acids is 1. The molecule has 4 N–H and O–H groups in total. The van der Waals surface area contributed by atoms with Crippen LogP contribution >= 0.6 is 0 Å². The molecule has 222 valence electrons. The van der Waals surface area contributed by atoms with Gasteiger partial charge in [0.1, 0.15) is 17.9 Å². The summed E-state index contributed by atoms with van der Waals surface area (Å²) in [7, 11) is 3.51. The second-order valence-corrected chi connectivity index (χ2v) is 11.1. The molecule has 1 aromatic rings. The zero-order valence-corrected chi connectivity index (χ0v) is 23.2. The van der Waals surface area contributed by atoms with E-state index in [0.29, 0.717) is 30.9 Å². The predicted molar refractivity (Wildman–Crippen MR) is 139 cm³/mol. The van der Waals surface area contributed by atoms with Gasteiger partial charge in [-0.1, -0.05) is 6.07 Å². The third-order valence-electron chi connectivity index (χ3n) is 8.78. The Balaban J connectivity index is 1.35. The monoisotopic (exact) mass is 574 g/mol. The lowest BCUT2D eigenvalue weighted by atomic mass is 9.50. The van der Waals surface area contributed by atoms with Crippen molar-refractivity contribution < 1.29 is 53.4 Å². The van der Waals surface area contributed by atoms with Gasteiger partial charge >= 0.3 is 17.9 Å². The number of aliphatic carboxylic acids is 1. The van der Waals surface area contributed by atoms with E-state index < -0.39 is 65.6 Å². The minimum absolute atomic E-state index is 0.181. The highest BCUT2D eigenvalue weighted by Gasteiger charge is 2.72. The van der Waals surface area contributed by atoms with Crippen LogP contribution in [-0.4, -0.2) is 101 Å². The van der Waals surface area contributed by atoms with Gasteiger partial charge in [-0.2, -0.15) is 0 Å². The van der Waals surface area contributed by atoms with Gasteiger partial charge in [0.25, 0.3) is 0 Å². The van der Waals surface area contributed by atoms with Crippen molar-refractivity contribution in [2.75, 3.05) is 20.7 Å². The molecule has 13 heteroatoms. The molecule has 0 aromatic heterocycles. The molecule has 4 aliphatic rings. The number of rotatable bonds is 9. The van der Waals surface area contributed by atoms with Crippen LogP contribution in [0, 0.1) is 0 Å². The van der Waals surface area contributed by atoms with Gasteiger partial charge in [0.2, 0.25) is 5.91 Å². The van der Waals surface area contributed by atoms with Gasteiger partial charge < -0.3 is 44.5 Å². The Hall–Kier alpha value is -3.68. The van der Waals surface area contributed by atoms with E-state index in [1.807, 2.05) is 24.5 Å². The Morgan fingerprint density at radius 1 is 1.24 bits per heavy atom. The molecule has 1 spiro atoms. The maximum Gasteiger partial charge on any atom is 0.352 e. The van der Waals surface area contributed by atoms with Gasteiger partial charge in [0.05, 0.1) is 24.5 Å². The number of amides is 1. The summed E-state index contributed by atoms with van der Waals surface area (Å²) in [6.45, 7) is 3.11. The van der Waals surface area contributed by atoms with Crippen molar-refractivity contribution in [1.29, 1.82) is 0 Å². The van der Waals surface area contributed by atoms with Gasteiger partial charge in [0, 0.05) is 18.0 Å². The first kappa shape index (κ1) is 28.8. The first-order valence-corrected chi connectivity index (χ1v) is 13.5. The van der Waals surface area contributed by atoms with Crippen molar-refractivity contribution in [2.45, 2.75) is 80.9 Å². The Morgan fingerprint density at radius 3 is 2.63 bits per heavy atom. The number of ether oxygens (including phenoxy) is 4. The Labute approximate surface area is 236 Å². The van der Waals surface area contributed by atoms with Crippen molar-refractivity contribution in [3.05, 3.63) is 35.1 Å². The number of carboxylic acid groups (broad SMARTS) is 1. The van der Waals surface area contributed by atoms with Crippen LogP contribution in [0.3, 0.4) is 0 Å². The van der Waals surface area contributed by atoms with Crippen molar-refractivity contribution in [3.63, 3.8) is 0 Å². The number of hydrogen-bond donors (Lipinski definition) is 4. The fourth-order valence-corrected chi connectivity index (χ4v) is 6.74. The second kappa shape index (κ2) is 10.3. The number of carbonyl (C=O) groups is 4. The van der Waals surface area contributed by atoms with Crippen molar-refractivity contribution in [2.24, 2.45) is 0 Å². The molecule has 1 saturated heterocycles. The minimum atomic E-state index is -1.66. The molecule has 2 bridgehead atoms. The molecule has 2 heterocycles. The SMILES string of the molecule is COc1ccc2c3c1O[C@@H]1C(OC(=O)[C@H](C)OC(=O)C[C@H](NC(=O)[C@H](C)O)C(=O)O)=CC[C@]4(O)[C@H](C2)N(C)CC[C@@]314. The fourth-order valence-electron chi connectivity index (χ4n) is 6.74. The number of nitrogens with zero attached hydrogens (tertiary/aromatic N) is 1. The van der Waals surface area contributed by atoms with Crippen molar-refractivity contribution >= 4 is 23.8 Å². The van der Waals surface area contributed by atoms with Gasteiger partial charge in [-0.05, 0) is 58.0 Å². The van der Waals surface area contributed by atoms with E-state index in [4.69, 9.17) is 18.9 Å². The van der Waals surface area contributed by atoms with Gasteiger partial charge in [-0.15, -0.1) is 0 Å². The van der Waals surface area contributed by atoms with Crippen LogP contribution in [0.15, 0.2) is 24.0 Å². The number of aliphatic hydroxyl groups is 2. The number of nitrogens with one attached hydrogen (secondary N) is 1. The van der Waals surface area contributed by atoms with Crippen LogP contribution in [0.2, 0.25) is 0 Å². The number of benzene rings is 1. The first-order chi connectivity index (χ1) is 19.3. The molecule has 0 unspecified atom stereocenters. The molecule has 2 aliphatic heterocycles. The van der Waals surface area contributed by atoms with E-state index in [2.05, 4.69) is 4.90 Å². The summed E-state index contributed by atoms with van der Waals surface area (Å²) in [6.07, 6.45) is -1.50. The summed E-state index contributed by atoms with van der Waals surface area (Å²) in [5.74, 6) is -3.26. The summed E-state index contributed by atoms with van der Waals surface area (Å²) >= 11 is 0. The van der Waals surface area contributed by atoms with Crippen LogP contribution in [-0.2, 0) is 40.5 Å². The van der Waals surface area contributed by atoms with E-state index in [1.165, 1.54) is 14.0 Å². The largest absolute Gasteiger partial charge is 0.493 e. The van der Waals surface area contributed by atoms with Gasteiger partial charge in [0.15, 0.2) is 23.7 Å². The van der Waals surface area contributed by atoms with Crippen LogP contribution in [0.1, 0.15) is 44.2 Å². The molecule has 0 saturated carbocycles. The molecule has 41 heavy (non-hydrogen) atoms. The molecule has 7 atom stereocenters. The molecule has 1 amide bonds. The van der Waals surface area contributed by atoms with Crippen LogP contribution < -0.4 is 14.8 Å². The predicted octanol–water partition coefficient (Wildman–Crippen LogP) is -0.212. The maximum atomic E-state index is 13.1. The third kappa shape index (κ3) is 4.43. The highest BCUT2D eigenvalue weighted by atomic mass is 16.6. The van der Waals surface area contributed by atoms with Gasteiger partial charge in [-0.3, -0.25) is 9.59 Å². The molecule has 1 fully saturated rings. The first-order valence-electron chi connectivity index (χ1n) is 13.5. The number of likely N-dealkylation sites (tertiary alicyclic amines) is 1. The van der Waals surface area contributed by atoms with Crippen LogP contribution in [0.25, 0.3) is 0 Å². The highest BCUT2D eigenvalue weighted by molar-refractivity contribution is 5.89. The lowest BCUT2D eigenvalue weighted by molar-refractivity contribution is -0.175. The summed E-state index contributed by atoms with van der Waals surface area (Å²) in [4.78, 5) is 50.8. The number of methoxy groups -OCH3 is 1. The number of hydrogen-bond acceptors (Lipinski definition) is 11. The summed E-state index contributed by atoms with van der Waals surface area (Å²) in [5, 5.41) is 32.9. The van der Waals surface area contributed by atoms with E-state index in [9.17, 15) is 34.5 Å². The van der Waals surface area contributed by atoms with E-state index in [1.54, 1.807) is 6.08 Å². The smallest absolute Gasteiger partial charge is 0.352 e. The van der Waals surface area contributed by atoms with E-state index in [0.717, 1.165) is 18.1 Å². The summed E-state index contributed by atoms with van der Waals surface area (Å²) in [6, 6.07) is 1.96. The molecule has 5 rings (SSSR count). The standard InChI is InChI=1S/C28H34N2O11/c1-13(31)24(33)29-16(25(34)35)12-20(32)39-14(2)26(36)40-18-7-8-28(37)19-11-15-5-6-17(38-4)22-21(15)27(28,23(18)41-22)9-10-30(19)3/h5-7,13-14,16,19,23,31,37H,8-12H2,1-4H3,(H,29,33)(H,34,35)/t13-,14-,16-,19-,23+,27+,28-/m0/s1. The number of esters is 2. The molecule has 2 aliphatic carbocycles. The third-order valence-corrected chi connectivity index (χ3v) is 8.78. The lowest BCUT2D eigenvalue weighted by Gasteiger charge is -2.61. The second-order valence-electron chi connectivity index (χ2n) is 11.1. The average molecular weight is 575 g/mol. The Morgan fingerprint density at radius 2 is 1.98 bits per heavy atom. The topological polar surface area (TPSA) is 181 Å². The van der Waals surface area contributed by atoms with E-state index >= 15 is 0 Å². The van der Waals surface area contributed by atoms with Crippen LogP contribution in [0.5, 0.6) is 11.5 Å². The van der Waals surface area contributed by atoms with Crippen LogP contribution in [0.4, 0.5) is 0 Å². The Bertz CT molecular complexity index is 1330. The van der Waals surface area contributed by atoms with Gasteiger partial charge in [-0.25, -0.2) is 9.59 Å². The molecular formula is C28H34N2O11. The highest BCUT2D eigenvalue weighted by Crippen LogP contribution is 2.65. The van der Waals surface area contributed by atoms with Crippen molar-refractivity contribution in [1.82, 2.24) is 10.2 Å².